The molecule has 2 aromatic rings. The molecule has 1 saturated heterocycles. The Morgan fingerprint density at radius 2 is 1.78 bits per heavy atom. The van der Waals surface area contributed by atoms with E-state index in [-0.39, 0.29) is 24.3 Å². The Balaban J connectivity index is 1.55. The summed E-state index contributed by atoms with van der Waals surface area (Å²) in [6.45, 7) is 3.47. The van der Waals surface area contributed by atoms with E-state index < -0.39 is 6.04 Å². The van der Waals surface area contributed by atoms with Gasteiger partial charge in [0.05, 0.1) is 0 Å². The predicted octanol–water partition coefficient (Wildman–Crippen LogP) is 2.99. The van der Waals surface area contributed by atoms with Gasteiger partial charge in [-0.25, -0.2) is 0 Å². The number of ether oxygens (including phenoxy) is 1. The van der Waals surface area contributed by atoms with E-state index in [0.717, 1.165) is 37.1 Å². The predicted molar refractivity (Wildman–Crippen MR) is 121 cm³/mol. The number of nitrogens with one attached hydrogen (secondary N) is 1. The molecule has 1 N–H and O–H groups in total. The first-order valence-electron chi connectivity index (χ1n) is 11.2. The standard InChI is InChI=1S/C25H29N3O4/c1-2-23(29)26-20-11-10-18-15-22(25(31)27-12-6-7-13-27)28(16-19(18)14-20)24(30)17-32-21-8-4-3-5-9-21/h3-5,8-11,14,22H,2,6-7,12-13,15-17H2,1H3,(H,26,29). The highest BCUT2D eigenvalue weighted by molar-refractivity contribution is 5.91. The lowest BCUT2D eigenvalue weighted by atomic mass is 9.92. The average Bonchev–Trinajstić information content (AvgIpc) is 3.37. The largest absolute Gasteiger partial charge is 0.484 e. The van der Waals surface area contributed by atoms with Gasteiger partial charge < -0.3 is 19.9 Å². The molecule has 0 saturated carbocycles. The second-order valence-corrected chi connectivity index (χ2v) is 8.26. The number of fused-ring (bicyclic) bond motifs is 1. The van der Waals surface area contributed by atoms with Crippen LogP contribution in [0.3, 0.4) is 0 Å². The number of carbonyl (C=O) groups is 3. The fourth-order valence-corrected chi connectivity index (χ4v) is 4.29. The Bertz CT molecular complexity index is 986. The molecule has 1 unspecified atom stereocenters. The molecule has 4 rings (SSSR count). The molecule has 0 radical (unpaired) electrons. The second-order valence-electron chi connectivity index (χ2n) is 8.26. The highest BCUT2D eigenvalue weighted by atomic mass is 16.5. The molecule has 2 aliphatic heterocycles. The van der Waals surface area contributed by atoms with Crippen molar-refractivity contribution < 1.29 is 19.1 Å². The van der Waals surface area contributed by atoms with Gasteiger partial charge in [0.25, 0.3) is 5.91 Å². The average molecular weight is 436 g/mol. The third kappa shape index (κ3) is 4.93. The Hall–Kier alpha value is -3.35. The maximum atomic E-state index is 13.3. The lowest BCUT2D eigenvalue weighted by Gasteiger charge is -2.38. The number of rotatable bonds is 6. The number of amides is 3. The van der Waals surface area contributed by atoms with Crippen LogP contribution in [0.15, 0.2) is 48.5 Å². The number of anilines is 1. The van der Waals surface area contributed by atoms with Crippen molar-refractivity contribution in [3.05, 3.63) is 59.7 Å². The summed E-state index contributed by atoms with van der Waals surface area (Å²) in [4.78, 5) is 41.8. The Morgan fingerprint density at radius 3 is 2.50 bits per heavy atom. The number of hydrogen-bond donors (Lipinski definition) is 1. The summed E-state index contributed by atoms with van der Waals surface area (Å²) in [6, 6.07) is 14.4. The van der Waals surface area contributed by atoms with E-state index in [9.17, 15) is 14.4 Å². The molecular formula is C25H29N3O4. The van der Waals surface area contributed by atoms with E-state index in [2.05, 4.69) is 5.32 Å². The van der Waals surface area contributed by atoms with Crippen LogP contribution in [-0.2, 0) is 27.3 Å². The molecule has 168 valence electrons. The Kier molecular flexibility index (Phi) is 6.73. The molecule has 32 heavy (non-hydrogen) atoms. The van der Waals surface area contributed by atoms with Gasteiger partial charge in [-0.1, -0.05) is 31.2 Å². The number of likely N-dealkylation sites (tertiary alicyclic amines) is 1. The Labute approximate surface area is 188 Å². The fourth-order valence-electron chi connectivity index (χ4n) is 4.29. The lowest BCUT2D eigenvalue weighted by Crippen LogP contribution is -2.54. The van der Waals surface area contributed by atoms with Gasteiger partial charge in [0, 0.05) is 38.2 Å². The minimum atomic E-state index is -0.538. The summed E-state index contributed by atoms with van der Waals surface area (Å²) < 4.78 is 5.68. The monoisotopic (exact) mass is 435 g/mol. The van der Waals surface area contributed by atoms with Gasteiger partial charge in [-0.3, -0.25) is 14.4 Å². The van der Waals surface area contributed by atoms with Crippen molar-refractivity contribution in [1.29, 1.82) is 0 Å². The summed E-state index contributed by atoms with van der Waals surface area (Å²) in [5.41, 5.74) is 2.68. The van der Waals surface area contributed by atoms with Crippen LogP contribution in [0.5, 0.6) is 5.75 Å². The van der Waals surface area contributed by atoms with E-state index in [1.165, 1.54) is 0 Å². The number of nitrogens with zero attached hydrogens (tertiary/aromatic N) is 2. The molecule has 0 bridgehead atoms. The zero-order valence-corrected chi connectivity index (χ0v) is 18.4. The summed E-state index contributed by atoms with van der Waals surface area (Å²) in [5, 5.41) is 2.87. The first-order chi connectivity index (χ1) is 15.5. The summed E-state index contributed by atoms with van der Waals surface area (Å²) in [6.07, 6.45) is 2.86. The quantitative estimate of drug-likeness (QED) is 0.757. The zero-order valence-electron chi connectivity index (χ0n) is 18.4. The molecule has 0 aromatic heterocycles. The number of para-hydroxylation sites is 1. The zero-order chi connectivity index (χ0) is 22.5. The molecule has 2 aromatic carbocycles. The molecule has 1 fully saturated rings. The van der Waals surface area contributed by atoms with Crippen LogP contribution < -0.4 is 10.1 Å². The van der Waals surface area contributed by atoms with Crippen molar-refractivity contribution in [3.63, 3.8) is 0 Å². The third-order valence-electron chi connectivity index (χ3n) is 6.07. The Morgan fingerprint density at radius 1 is 1.03 bits per heavy atom. The van der Waals surface area contributed by atoms with Gasteiger partial charge in [0.15, 0.2) is 6.61 Å². The van der Waals surface area contributed by atoms with Crippen LogP contribution in [0.4, 0.5) is 5.69 Å². The van der Waals surface area contributed by atoms with Crippen molar-refractivity contribution in [3.8, 4) is 5.75 Å². The van der Waals surface area contributed by atoms with Crippen LogP contribution >= 0.6 is 0 Å². The number of benzene rings is 2. The molecule has 0 aliphatic carbocycles. The van der Waals surface area contributed by atoms with Gasteiger partial charge in [0.2, 0.25) is 11.8 Å². The van der Waals surface area contributed by atoms with Crippen LogP contribution in [0.1, 0.15) is 37.3 Å². The minimum Gasteiger partial charge on any atom is -0.484 e. The molecule has 7 heteroatoms. The molecule has 0 spiro atoms. The van der Waals surface area contributed by atoms with E-state index in [1.807, 2.05) is 41.3 Å². The second kappa shape index (κ2) is 9.85. The minimum absolute atomic E-state index is 0.00423. The van der Waals surface area contributed by atoms with Gasteiger partial charge in [-0.2, -0.15) is 0 Å². The molecule has 1 atom stereocenters. The highest BCUT2D eigenvalue weighted by Gasteiger charge is 2.37. The lowest BCUT2D eigenvalue weighted by molar-refractivity contribution is -0.147. The van der Waals surface area contributed by atoms with E-state index in [1.54, 1.807) is 24.0 Å². The van der Waals surface area contributed by atoms with Gasteiger partial charge in [-0.05, 0) is 48.2 Å². The fraction of sp³-hybridized carbons (Fsp3) is 0.400. The maximum Gasteiger partial charge on any atom is 0.261 e. The maximum absolute atomic E-state index is 13.3. The van der Waals surface area contributed by atoms with Crippen LogP contribution in [0.25, 0.3) is 0 Å². The molecule has 2 aliphatic rings. The SMILES string of the molecule is CCC(=O)Nc1ccc2c(c1)CN(C(=O)COc1ccccc1)C(C(=O)N1CCCC1)C2. The highest BCUT2D eigenvalue weighted by Crippen LogP contribution is 2.28. The normalized spacial score (nSPS) is 17.6. The van der Waals surface area contributed by atoms with Crippen molar-refractivity contribution in [2.24, 2.45) is 0 Å². The van der Waals surface area contributed by atoms with E-state index in [4.69, 9.17) is 4.74 Å². The molecule has 2 heterocycles. The van der Waals surface area contributed by atoms with Crippen molar-refractivity contribution >= 4 is 23.4 Å². The topological polar surface area (TPSA) is 79.0 Å². The van der Waals surface area contributed by atoms with Crippen LogP contribution in [-0.4, -0.2) is 53.3 Å². The van der Waals surface area contributed by atoms with Crippen molar-refractivity contribution in [2.75, 3.05) is 25.0 Å². The van der Waals surface area contributed by atoms with Crippen molar-refractivity contribution in [2.45, 2.75) is 45.2 Å². The first-order valence-corrected chi connectivity index (χ1v) is 11.2. The van der Waals surface area contributed by atoms with Crippen LogP contribution in [0, 0.1) is 0 Å². The number of hydrogen-bond acceptors (Lipinski definition) is 4. The first kappa shape index (κ1) is 21.9. The van der Waals surface area contributed by atoms with Crippen molar-refractivity contribution in [1.82, 2.24) is 9.80 Å². The molecule has 7 nitrogen and oxygen atoms in total. The molecular weight excluding hydrogens is 406 g/mol. The molecule has 3 amide bonds. The van der Waals surface area contributed by atoms with Gasteiger partial charge >= 0.3 is 0 Å². The number of carbonyl (C=O) groups excluding carboxylic acids is 3. The summed E-state index contributed by atoms with van der Waals surface area (Å²) >= 11 is 0. The summed E-state index contributed by atoms with van der Waals surface area (Å²) in [5.74, 6) is 0.335. The summed E-state index contributed by atoms with van der Waals surface area (Å²) in [7, 11) is 0. The smallest absolute Gasteiger partial charge is 0.261 e. The van der Waals surface area contributed by atoms with E-state index >= 15 is 0 Å². The van der Waals surface area contributed by atoms with Crippen LogP contribution in [0.2, 0.25) is 0 Å². The van der Waals surface area contributed by atoms with Gasteiger partial charge in [-0.15, -0.1) is 0 Å². The van der Waals surface area contributed by atoms with E-state index in [0.29, 0.717) is 30.8 Å². The third-order valence-corrected chi connectivity index (χ3v) is 6.07. The van der Waals surface area contributed by atoms with Gasteiger partial charge in [0.1, 0.15) is 11.8 Å².